The molecule has 1 amide bonds. The normalized spacial score (nSPS) is 26.0. The number of carbonyl (C=O) groups is 1. The van der Waals surface area contributed by atoms with Crippen molar-refractivity contribution in [3.8, 4) is 0 Å². The van der Waals surface area contributed by atoms with E-state index in [-0.39, 0.29) is 18.4 Å². The van der Waals surface area contributed by atoms with Crippen LogP contribution in [0.1, 0.15) is 74.6 Å². The third-order valence-electron chi connectivity index (χ3n) is 7.15. The SMILES string of the molecule is C1CCC1.O=C(C1CCC(NC2CCOCC2)C1)N1CCc2ncc(C(F)(F)F)cc2C1. The topological polar surface area (TPSA) is 54.5 Å². The van der Waals surface area contributed by atoms with Crippen molar-refractivity contribution in [1.29, 1.82) is 0 Å². The average Bonchev–Trinajstić information content (AvgIpc) is 3.19. The molecular formula is C24H34F3N3O2. The highest BCUT2D eigenvalue weighted by Gasteiger charge is 2.36. The second-order valence-electron chi connectivity index (χ2n) is 9.51. The first-order valence-corrected chi connectivity index (χ1v) is 12.1. The van der Waals surface area contributed by atoms with E-state index in [4.69, 9.17) is 4.74 Å². The van der Waals surface area contributed by atoms with Crippen LogP contribution in [0.25, 0.3) is 0 Å². The molecule has 2 unspecified atom stereocenters. The standard InChI is InChI=1S/C20H26F3N3O2.C4H8/c21-20(22,23)15-9-14-12-26(6-3-18(14)24-11-15)19(27)13-1-2-17(10-13)25-16-4-7-28-8-5-16;1-2-4-3-1/h9,11,13,16-17,25H,1-8,10,12H2;1-4H2. The Bertz CT molecular complexity index is 772. The molecule has 2 aliphatic carbocycles. The number of fused-ring (bicyclic) bond motifs is 1. The number of alkyl halides is 3. The van der Waals surface area contributed by atoms with E-state index >= 15 is 0 Å². The highest BCUT2D eigenvalue weighted by molar-refractivity contribution is 5.79. The summed E-state index contributed by atoms with van der Waals surface area (Å²) in [5, 5.41) is 3.66. The van der Waals surface area contributed by atoms with E-state index in [2.05, 4.69) is 10.3 Å². The van der Waals surface area contributed by atoms with Crippen molar-refractivity contribution >= 4 is 5.91 Å². The predicted octanol–water partition coefficient (Wildman–Crippen LogP) is 4.48. The second kappa shape index (κ2) is 10.5. The quantitative estimate of drug-likeness (QED) is 0.733. The van der Waals surface area contributed by atoms with Crippen molar-refractivity contribution in [1.82, 2.24) is 15.2 Å². The van der Waals surface area contributed by atoms with Crippen LogP contribution in [0.3, 0.4) is 0 Å². The number of amides is 1. The van der Waals surface area contributed by atoms with E-state index in [1.54, 1.807) is 4.90 Å². The molecule has 0 bridgehead atoms. The van der Waals surface area contributed by atoms with Crippen molar-refractivity contribution in [2.75, 3.05) is 19.8 Å². The predicted molar refractivity (Wildman–Crippen MR) is 115 cm³/mol. The number of pyridine rings is 1. The minimum atomic E-state index is -4.41. The van der Waals surface area contributed by atoms with Gasteiger partial charge in [-0.3, -0.25) is 9.78 Å². The highest BCUT2D eigenvalue weighted by Crippen LogP contribution is 2.33. The molecule has 1 N–H and O–H groups in total. The van der Waals surface area contributed by atoms with Crippen LogP contribution in [0.5, 0.6) is 0 Å². The summed E-state index contributed by atoms with van der Waals surface area (Å²) in [5.74, 6) is 0.0250. The monoisotopic (exact) mass is 453 g/mol. The molecule has 0 aromatic carbocycles. The van der Waals surface area contributed by atoms with Gasteiger partial charge < -0.3 is 15.0 Å². The lowest BCUT2D eigenvalue weighted by Crippen LogP contribution is -2.42. The lowest BCUT2D eigenvalue weighted by Gasteiger charge is -2.31. The van der Waals surface area contributed by atoms with Gasteiger partial charge in [-0.25, -0.2) is 0 Å². The van der Waals surface area contributed by atoms with Crippen LogP contribution < -0.4 is 5.32 Å². The third kappa shape index (κ3) is 6.01. The Kier molecular flexibility index (Phi) is 7.71. The zero-order valence-electron chi connectivity index (χ0n) is 18.6. The van der Waals surface area contributed by atoms with Crippen LogP contribution in [-0.2, 0) is 28.7 Å². The Morgan fingerprint density at radius 2 is 1.78 bits per heavy atom. The van der Waals surface area contributed by atoms with Gasteiger partial charge in [0.15, 0.2) is 0 Å². The van der Waals surface area contributed by atoms with Crippen LogP contribution in [-0.4, -0.2) is 47.6 Å². The van der Waals surface area contributed by atoms with Gasteiger partial charge in [0, 0.05) is 62.6 Å². The van der Waals surface area contributed by atoms with Crippen LogP contribution in [0.15, 0.2) is 12.3 Å². The van der Waals surface area contributed by atoms with E-state index in [0.717, 1.165) is 57.6 Å². The highest BCUT2D eigenvalue weighted by atomic mass is 19.4. The van der Waals surface area contributed by atoms with Gasteiger partial charge in [-0.1, -0.05) is 25.7 Å². The number of rotatable bonds is 3. The van der Waals surface area contributed by atoms with Crippen molar-refractivity contribution in [3.05, 3.63) is 29.1 Å². The molecular weight excluding hydrogens is 419 g/mol. The maximum atomic E-state index is 13.0. The Morgan fingerprint density at radius 3 is 2.44 bits per heavy atom. The zero-order valence-corrected chi connectivity index (χ0v) is 18.6. The maximum Gasteiger partial charge on any atom is 0.417 e. The summed E-state index contributed by atoms with van der Waals surface area (Å²) in [7, 11) is 0. The Hall–Kier alpha value is -1.67. The molecule has 1 aromatic heterocycles. The summed E-state index contributed by atoms with van der Waals surface area (Å²) in [6, 6.07) is 1.94. The molecule has 2 saturated carbocycles. The van der Waals surface area contributed by atoms with E-state index in [0.29, 0.717) is 36.3 Å². The van der Waals surface area contributed by atoms with Crippen molar-refractivity contribution in [3.63, 3.8) is 0 Å². The fourth-order valence-electron chi connectivity index (χ4n) is 4.83. The van der Waals surface area contributed by atoms with Crippen LogP contribution in [0.4, 0.5) is 13.2 Å². The fraction of sp³-hybridized carbons (Fsp3) is 0.750. The van der Waals surface area contributed by atoms with Crippen molar-refractivity contribution < 1.29 is 22.7 Å². The van der Waals surface area contributed by atoms with Gasteiger partial charge >= 0.3 is 6.18 Å². The molecule has 2 aliphatic heterocycles. The average molecular weight is 454 g/mol. The number of carbonyl (C=O) groups excluding carboxylic acids is 1. The molecule has 3 fully saturated rings. The molecule has 5 nitrogen and oxygen atoms in total. The summed E-state index contributed by atoms with van der Waals surface area (Å²) in [6.45, 7) is 2.32. The Balaban J connectivity index is 0.000000552. The van der Waals surface area contributed by atoms with Gasteiger partial charge in [0.05, 0.1) is 5.56 Å². The maximum absolute atomic E-state index is 13.0. The number of hydrogen-bond acceptors (Lipinski definition) is 4. The summed E-state index contributed by atoms with van der Waals surface area (Å²) < 4.78 is 44.3. The summed E-state index contributed by atoms with van der Waals surface area (Å²) >= 11 is 0. The number of hydrogen-bond donors (Lipinski definition) is 1. The minimum Gasteiger partial charge on any atom is -0.381 e. The summed E-state index contributed by atoms with van der Waals surface area (Å²) in [6.07, 6.45) is 7.61. The Morgan fingerprint density at radius 1 is 1.06 bits per heavy atom. The van der Waals surface area contributed by atoms with E-state index < -0.39 is 11.7 Å². The van der Waals surface area contributed by atoms with E-state index in [1.807, 2.05) is 0 Å². The van der Waals surface area contributed by atoms with Crippen molar-refractivity contribution in [2.24, 2.45) is 5.92 Å². The molecule has 3 heterocycles. The molecule has 1 saturated heterocycles. The van der Waals surface area contributed by atoms with Gasteiger partial charge in [-0.05, 0) is 43.7 Å². The van der Waals surface area contributed by atoms with Gasteiger partial charge in [0.25, 0.3) is 0 Å². The van der Waals surface area contributed by atoms with Crippen LogP contribution in [0, 0.1) is 5.92 Å². The van der Waals surface area contributed by atoms with E-state index in [1.165, 1.54) is 25.7 Å². The lowest BCUT2D eigenvalue weighted by atomic mass is 10.00. The largest absolute Gasteiger partial charge is 0.417 e. The lowest BCUT2D eigenvalue weighted by molar-refractivity contribution is -0.137. The van der Waals surface area contributed by atoms with Gasteiger partial charge in [-0.15, -0.1) is 0 Å². The minimum absolute atomic E-state index is 0.0438. The first kappa shape index (κ1) is 23.5. The molecule has 2 atom stereocenters. The summed E-state index contributed by atoms with van der Waals surface area (Å²) in [4.78, 5) is 18.7. The van der Waals surface area contributed by atoms with Crippen LogP contribution >= 0.6 is 0 Å². The Labute approximate surface area is 188 Å². The van der Waals surface area contributed by atoms with E-state index in [9.17, 15) is 18.0 Å². The molecule has 32 heavy (non-hydrogen) atoms. The first-order chi connectivity index (χ1) is 15.4. The second-order valence-corrected chi connectivity index (χ2v) is 9.51. The van der Waals surface area contributed by atoms with Gasteiger partial charge in [0.2, 0.25) is 5.91 Å². The number of aromatic nitrogens is 1. The van der Waals surface area contributed by atoms with Crippen molar-refractivity contribution in [2.45, 2.75) is 89.0 Å². The van der Waals surface area contributed by atoms with Gasteiger partial charge in [0.1, 0.15) is 0 Å². The smallest absolute Gasteiger partial charge is 0.381 e. The third-order valence-corrected chi connectivity index (χ3v) is 7.15. The zero-order chi connectivity index (χ0) is 22.6. The first-order valence-electron chi connectivity index (χ1n) is 12.1. The molecule has 8 heteroatoms. The number of ether oxygens (including phenoxy) is 1. The van der Waals surface area contributed by atoms with Gasteiger partial charge in [-0.2, -0.15) is 13.2 Å². The number of nitrogens with one attached hydrogen (secondary N) is 1. The molecule has 5 rings (SSSR count). The number of nitrogens with zero attached hydrogens (tertiary/aromatic N) is 2. The number of halogens is 3. The molecule has 0 radical (unpaired) electrons. The molecule has 0 spiro atoms. The fourth-order valence-corrected chi connectivity index (χ4v) is 4.83. The summed E-state index contributed by atoms with van der Waals surface area (Å²) in [5.41, 5.74) is 0.439. The molecule has 1 aromatic rings. The molecule has 4 aliphatic rings. The molecule has 178 valence electrons. The van der Waals surface area contributed by atoms with Crippen LogP contribution in [0.2, 0.25) is 0 Å².